The number of para-hydroxylation sites is 2. The van der Waals surface area contributed by atoms with Gasteiger partial charge in [-0.25, -0.2) is 0 Å². The Morgan fingerprint density at radius 1 is 1.04 bits per heavy atom. The lowest BCUT2D eigenvalue weighted by molar-refractivity contribution is -0.116. The number of benzene rings is 2. The van der Waals surface area contributed by atoms with E-state index in [-0.39, 0.29) is 12.3 Å². The number of rotatable bonds is 4. The van der Waals surface area contributed by atoms with Crippen molar-refractivity contribution in [1.29, 1.82) is 0 Å². The molecule has 1 heterocycles. The normalized spacial score (nSPS) is 10.6. The van der Waals surface area contributed by atoms with Crippen LogP contribution >= 0.6 is 0 Å². The van der Waals surface area contributed by atoms with E-state index in [4.69, 9.17) is 0 Å². The summed E-state index contributed by atoms with van der Waals surface area (Å²) < 4.78 is 1.13. The molecule has 7 nitrogen and oxygen atoms in total. The molecule has 0 fully saturated rings. The average molecular weight is 337 g/mol. The minimum Gasteiger partial charge on any atom is -0.325 e. The van der Waals surface area contributed by atoms with Gasteiger partial charge in [0, 0.05) is 11.3 Å². The molecule has 0 atom stereocenters. The van der Waals surface area contributed by atoms with Gasteiger partial charge >= 0.3 is 11.1 Å². The third-order valence-corrected chi connectivity index (χ3v) is 3.76. The van der Waals surface area contributed by atoms with E-state index in [0.717, 1.165) is 4.57 Å². The molecule has 0 aliphatic heterocycles. The first-order valence-corrected chi connectivity index (χ1v) is 7.58. The van der Waals surface area contributed by atoms with Gasteiger partial charge in [-0.3, -0.25) is 23.7 Å². The van der Waals surface area contributed by atoms with Crippen molar-refractivity contribution in [3.63, 3.8) is 0 Å². The highest BCUT2D eigenvalue weighted by Crippen LogP contribution is 2.11. The number of ketones is 1. The zero-order chi connectivity index (χ0) is 18.0. The van der Waals surface area contributed by atoms with Gasteiger partial charge in [-0.2, -0.15) is 0 Å². The second-order valence-electron chi connectivity index (χ2n) is 5.54. The minimum absolute atomic E-state index is 0.0700. The third-order valence-electron chi connectivity index (χ3n) is 3.76. The number of amides is 1. The van der Waals surface area contributed by atoms with Gasteiger partial charge in [0.1, 0.15) is 6.54 Å². The summed E-state index contributed by atoms with van der Waals surface area (Å²) in [7, 11) is 0. The van der Waals surface area contributed by atoms with Gasteiger partial charge in [0.2, 0.25) is 5.91 Å². The zero-order valence-corrected chi connectivity index (χ0v) is 13.4. The summed E-state index contributed by atoms with van der Waals surface area (Å²) in [6.07, 6.45) is 0. The van der Waals surface area contributed by atoms with Gasteiger partial charge in [0.25, 0.3) is 0 Å². The first-order valence-electron chi connectivity index (χ1n) is 7.58. The molecule has 1 aromatic heterocycles. The highest BCUT2D eigenvalue weighted by atomic mass is 16.2. The van der Waals surface area contributed by atoms with Crippen LogP contribution in [0.2, 0.25) is 0 Å². The smallest absolute Gasteiger partial charge is 0.317 e. The Morgan fingerprint density at radius 3 is 2.40 bits per heavy atom. The summed E-state index contributed by atoms with van der Waals surface area (Å²) in [5, 5.41) is 2.65. The van der Waals surface area contributed by atoms with E-state index in [2.05, 4.69) is 10.3 Å². The molecule has 7 heteroatoms. The number of nitrogens with one attached hydrogen (secondary N) is 2. The Morgan fingerprint density at radius 2 is 1.72 bits per heavy atom. The van der Waals surface area contributed by atoms with Crippen LogP contribution in [0.4, 0.5) is 5.69 Å². The number of aromatic amines is 1. The summed E-state index contributed by atoms with van der Waals surface area (Å²) in [5.41, 5.74) is 0.407. The van der Waals surface area contributed by atoms with Crippen molar-refractivity contribution in [2.75, 3.05) is 5.32 Å². The maximum absolute atomic E-state index is 12.3. The SMILES string of the molecule is CC(=O)c1ccc(NC(=O)Cn2c(=O)c(=O)[nH]c3ccccc32)cc1. The van der Waals surface area contributed by atoms with Crippen molar-refractivity contribution in [3.05, 3.63) is 74.8 Å². The molecule has 0 bridgehead atoms. The molecular formula is C18H15N3O4. The molecule has 0 spiro atoms. The van der Waals surface area contributed by atoms with Crippen molar-refractivity contribution in [3.8, 4) is 0 Å². The number of hydrogen-bond acceptors (Lipinski definition) is 4. The number of fused-ring (bicyclic) bond motifs is 1. The Hall–Kier alpha value is -3.48. The van der Waals surface area contributed by atoms with E-state index in [1.54, 1.807) is 48.5 Å². The number of Topliss-reactive ketones (excluding diaryl/α,β-unsaturated/α-hetero) is 1. The van der Waals surface area contributed by atoms with Gasteiger partial charge in [0.05, 0.1) is 11.0 Å². The van der Waals surface area contributed by atoms with Gasteiger partial charge in [-0.05, 0) is 43.3 Å². The molecule has 126 valence electrons. The molecule has 0 unspecified atom stereocenters. The second-order valence-corrected chi connectivity index (χ2v) is 5.54. The van der Waals surface area contributed by atoms with Crippen LogP contribution in [0.5, 0.6) is 0 Å². The molecule has 3 rings (SSSR count). The van der Waals surface area contributed by atoms with Crippen LogP contribution in [-0.4, -0.2) is 21.2 Å². The standard InChI is InChI=1S/C18H15N3O4/c1-11(22)12-6-8-13(9-7-12)19-16(23)10-21-15-5-3-2-4-14(15)20-17(24)18(21)25/h2-9H,10H2,1H3,(H,19,23)(H,20,24). The zero-order valence-electron chi connectivity index (χ0n) is 13.4. The fourth-order valence-corrected chi connectivity index (χ4v) is 2.51. The molecule has 0 radical (unpaired) electrons. The monoisotopic (exact) mass is 337 g/mol. The van der Waals surface area contributed by atoms with Gasteiger partial charge in [-0.1, -0.05) is 12.1 Å². The summed E-state index contributed by atoms with van der Waals surface area (Å²) in [5.74, 6) is -0.521. The van der Waals surface area contributed by atoms with Gasteiger partial charge in [0.15, 0.2) is 5.78 Å². The summed E-state index contributed by atoms with van der Waals surface area (Å²) >= 11 is 0. The maximum Gasteiger partial charge on any atom is 0.317 e. The molecule has 0 aliphatic carbocycles. The van der Waals surface area contributed by atoms with Crippen LogP contribution in [0.1, 0.15) is 17.3 Å². The van der Waals surface area contributed by atoms with Crippen molar-refractivity contribution < 1.29 is 9.59 Å². The molecule has 3 aromatic rings. The number of aromatic nitrogens is 2. The van der Waals surface area contributed by atoms with Gasteiger partial charge in [-0.15, -0.1) is 0 Å². The van der Waals surface area contributed by atoms with Gasteiger partial charge < -0.3 is 10.3 Å². The number of hydrogen-bond donors (Lipinski definition) is 2. The number of carbonyl (C=O) groups excluding carboxylic acids is 2. The van der Waals surface area contributed by atoms with E-state index in [0.29, 0.717) is 22.3 Å². The lowest BCUT2D eigenvalue weighted by Gasteiger charge is -2.10. The Kier molecular flexibility index (Phi) is 4.30. The maximum atomic E-state index is 12.3. The van der Waals surface area contributed by atoms with Crippen LogP contribution in [0.15, 0.2) is 58.1 Å². The number of nitrogens with zero attached hydrogens (tertiary/aromatic N) is 1. The molecule has 25 heavy (non-hydrogen) atoms. The molecule has 2 N–H and O–H groups in total. The summed E-state index contributed by atoms with van der Waals surface area (Å²) in [6.45, 7) is 1.16. The first-order chi connectivity index (χ1) is 12.0. The van der Waals surface area contributed by atoms with E-state index < -0.39 is 17.0 Å². The molecule has 0 saturated carbocycles. The lowest BCUT2D eigenvalue weighted by atomic mass is 10.1. The van der Waals surface area contributed by atoms with Crippen LogP contribution in [-0.2, 0) is 11.3 Å². The largest absolute Gasteiger partial charge is 0.325 e. The molecule has 2 aromatic carbocycles. The molecule has 0 aliphatic rings. The fourth-order valence-electron chi connectivity index (χ4n) is 2.51. The number of carbonyl (C=O) groups is 2. The summed E-state index contributed by atoms with van der Waals surface area (Å²) in [4.78, 5) is 49.8. The van der Waals surface area contributed by atoms with Crippen molar-refractivity contribution in [1.82, 2.24) is 9.55 Å². The molecule has 1 amide bonds. The Bertz CT molecular complexity index is 1080. The highest BCUT2D eigenvalue weighted by molar-refractivity contribution is 5.95. The quantitative estimate of drug-likeness (QED) is 0.557. The van der Waals surface area contributed by atoms with Crippen LogP contribution in [0, 0.1) is 0 Å². The topological polar surface area (TPSA) is 101 Å². The first kappa shape index (κ1) is 16.4. The molecule has 0 saturated heterocycles. The second kappa shape index (κ2) is 6.56. The number of anilines is 1. The average Bonchev–Trinajstić information content (AvgIpc) is 2.59. The van der Waals surface area contributed by atoms with E-state index >= 15 is 0 Å². The van der Waals surface area contributed by atoms with Crippen LogP contribution in [0.25, 0.3) is 11.0 Å². The van der Waals surface area contributed by atoms with Crippen LogP contribution < -0.4 is 16.4 Å². The minimum atomic E-state index is -0.791. The van der Waals surface area contributed by atoms with Crippen molar-refractivity contribution in [2.24, 2.45) is 0 Å². The van der Waals surface area contributed by atoms with E-state index in [1.165, 1.54) is 6.92 Å². The Labute approximate surface area is 141 Å². The highest BCUT2D eigenvalue weighted by Gasteiger charge is 2.11. The number of H-pyrrole nitrogens is 1. The molecular weight excluding hydrogens is 322 g/mol. The van der Waals surface area contributed by atoms with E-state index in [1.807, 2.05) is 0 Å². The predicted octanol–water partition coefficient (Wildman–Crippen LogP) is 1.53. The summed E-state index contributed by atoms with van der Waals surface area (Å²) in [6, 6.07) is 13.2. The van der Waals surface area contributed by atoms with Crippen molar-refractivity contribution >= 4 is 28.4 Å². The Balaban J connectivity index is 1.87. The third kappa shape index (κ3) is 3.40. The van der Waals surface area contributed by atoms with Crippen LogP contribution in [0.3, 0.4) is 0 Å². The lowest BCUT2D eigenvalue weighted by Crippen LogP contribution is -2.38. The van der Waals surface area contributed by atoms with E-state index in [9.17, 15) is 19.2 Å². The van der Waals surface area contributed by atoms with Crippen molar-refractivity contribution in [2.45, 2.75) is 13.5 Å². The fraction of sp³-hybridized carbons (Fsp3) is 0.111. The predicted molar refractivity (Wildman–Crippen MR) is 93.9 cm³/mol.